The van der Waals surface area contributed by atoms with Crippen molar-refractivity contribution >= 4 is 12.1 Å². The van der Waals surface area contributed by atoms with Gasteiger partial charge in [0.15, 0.2) is 0 Å². The van der Waals surface area contributed by atoms with Crippen LogP contribution >= 0.6 is 0 Å². The van der Waals surface area contributed by atoms with Crippen LogP contribution in [0.5, 0.6) is 0 Å². The Morgan fingerprint density at radius 2 is 1.27 bits per heavy atom. The van der Waals surface area contributed by atoms with Crippen molar-refractivity contribution in [1.82, 2.24) is 5.43 Å². The summed E-state index contributed by atoms with van der Waals surface area (Å²) in [5.74, 6) is 0.305. The third-order valence-corrected chi connectivity index (χ3v) is 8.22. The van der Waals surface area contributed by atoms with Gasteiger partial charge in [0.05, 0.1) is 18.8 Å². The number of rotatable bonds is 28. The summed E-state index contributed by atoms with van der Waals surface area (Å²) < 4.78 is 0.266. The first-order valence-electron chi connectivity index (χ1n) is 16.5. The van der Waals surface area contributed by atoms with E-state index in [0.29, 0.717) is 12.2 Å². The molecule has 0 aromatic heterocycles. The Hall–Kier alpha value is -1.20. The zero-order valence-corrected chi connectivity index (χ0v) is 26.0. The molecule has 0 spiro atoms. The number of Topliss-reactive ketones (excluding diaryl/α,β-unsaturated/α-hetero) is 1. The van der Waals surface area contributed by atoms with E-state index in [2.05, 4.69) is 17.3 Å². The fraction of sp³-hybridized carbons (Fsp3) is 0.875. The minimum Gasteiger partial charge on any atom is -0.394 e. The molecule has 9 nitrogen and oxygen atoms in total. The average Bonchev–Trinajstić information content (AvgIpc) is 3.43. The van der Waals surface area contributed by atoms with E-state index in [9.17, 15) is 25.2 Å². The van der Waals surface area contributed by atoms with Crippen molar-refractivity contribution in [3.63, 3.8) is 0 Å². The van der Waals surface area contributed by atoms with Crippen molar-refractivity contribution in [2.24, 2.45) is 4.99 Å². The predicted octanol–water partition coefficient (Wildman–Crippen LogP) is 4.65. The van der Waals surface area contributed by atoms with E-state index in [4.69, 9.17) is 5.11 Å². The van der Waals surface area contributed by atoms with E-state index in [1.54, 1.807) is 19.5 Å². The first-order valence-corrected chi connectivity index (χ1v) is 16.5. The molecule has 0 aromatic rings. The number of unbranched alkanes of at least 4 members (excludes halogenated alkanes) is 15. The van der Waals surface area contributed by atoms with Crippen LogP contribution < -0.4 is 5.43 Å². The molecule has 0 aliphatic carbocycles. The molecule has 41 heavy (non-hydrogen) atoms. The molecule has 2 unspecified atom stereocenters. The smallest absolute Gasteiger partial charge is 0.214 e. The number of aliphatic hydroxyl groups is 5. The lowest BCUT2D eigenvalue weighted by molar-refractivity contribution is -0.833. The van der Waals surface area contributed by atoms with E-state index in [0.717, 1.165) is 51.5 Å². The maximum atomic E-state index is 11.0. The second-order valence-corrected chi connectivity index (χ2v) is 12.1. The molecule has 0 radical (unpaired) electrons. The maximum absolute atomic E-state index is 11.0. The second-order valence-electron chi connectivity index (χ2n) is 12.1. The third-order valence-electron chi connectivity index (χ3n) is 8.22. The van der Waals surface area contributed by atoms with Crippen molar-refractivity contribution in [2.75, 3.05) is 13.2 Å². The molecule has 0 aromatic carbocycles. The molecule has 240 valence electrons. The van der Waals surface area contributed by atoms with Crippen LogP contribution in [0.2, 0.25) is 0 Å². The van der Waals surface area contributed by atoms with Gasteiger partial charge in [-0.2, -0.15) is 10.0 Å². The van der Waals surface area contributed by atoms with Gasteiger partial charge in [-0.15, -0.1) is 0 Å². The van der Waals surface area contributed by atoms with Crippen LogP contribution in [0.3, 0.4) is 0 Å². The summed E-state index contributed by atoms with van der Waals surface area (Å²) in [7, 11) is 0. The minimum atomic E-state index is -1.64. The van der Waals surface area contributed by atoms with E-state index < -0.39 is 37.1 Å². The Morgan fingerprint density at radius 1 is 0.756 bits per heavy atom. The molecule has 0 fully saturated rings. The molecule has 0 saturated carbocycles. The number of carbonyl (C=O) groups excluding carboxylic acids is 1. The van der Waals surface area contributed by atoms with Gasteiger partial charge in [-0.25, -0.2) is 4.99 Å². The number of nitrogens with zero attached hydrogens (tertiary/aromatic N) is 2. The molecular formula is C32H62N3O6+. The van der Waals surface area contributed by atoms with Crippen LogP contribution in [0.1, 0.15) is 136 Å². The lowest BCUT2D eigenvalue weighted by atomic mass is 9.94. The van der Waals surface area contributed by atoms with Gasteiger partial charge in [0, 0.05) is 6.42 Å². The molecule has 1 aliphatic heterocycles. The quantitative estimate of drug-likeness (QED) is 0.0581. The zero-order valence-electron chi connectivity index (χ0n) is 26.0. The SMILES string of the molecule is CCCC[N+]1(NC(CCCCCCCCCCCCCCCCCC(C)=O)[C@H](O)[C@@H](O)[C@H](O)[C@H](O)CO)C=CN=C1. The lowest BCUT2D eigenvalue weighted by Crippen LogP contribution is -2.62. The van der Waals surface area contributed by atoms with Gasteiger partial charge in [-0.1, -0.05) is 103 Å². The Kier molecular flexibility index (Phi) is 21.5. The topological polar surface area (TPSA) is 143 Å². The molecule has 0 saturated heterocycles. The van der Waals surface area contributed by atoms with Crippen LogP contribution in [0.25, 0.3) is 0 Å². The molecule has 6 atom stereocenters. The van der Waals surface area contributed by atoms with E-state index >= 15 is 0 Å². The molecular weight excluding hydrogens is 522 g/mol. The number of nitrogens with one attached hydrogen (secondary N) is 1. The first-order chi connectivity index (χ1) is 19.8. The van der Waals surface area contributed by atoms with Gasteiger partial charge in [0.25, 0.3) is 0 Å². The van der Waals surface area contributed by atoms with E-state index in [-0.39, 0.29) is 4.59 Å². The average molecular weight is 585 g/mol. The van der Waals surface area contributed by atoms with Gasteiger partial charge < -0.3 is 30.3 Å². The van der Waals surface area contributed by atoms with Crippen LogP contribution in [-0.2, 0) is 4.79 Å². The molecule has 1 aliphatic rings. The second kappa shape index (κ2) is 23.3. The number of aliphatic imine (C=N–C) groups is 1. The van der Waals surface area contributed by atoms with E-state index in [1.165, 1.54) is 70.6 Å². The highest BCUT2D eigenvalue weighted by Crippen LogP contribution is 2.20. The van der Waals surface area contributed by atoms with Crippen LogP contribution in [-0.4, -0.2) is 85.9 Å². The van der Waals surface area contributed by atoms with Crippen molar-refractivity contribution in [2.45, 2.75) is 166 Å². The summed E-state index contributed by atoms with van der Waals surface area (Å²) in [5, 5.41) is 50.7. The highest BCUT2D eigenvalue weighted by molar-refractivity contribution is 5.75. The largest absolute Gasteiger partial charge is 0.394 e. The molecule has 0 amide bonds. The van der Waals surface area contributed by atoms with Crippen LogP contribution in [0.4, 0.5) is 0 Å². The Balaban J connectivity index is 2.30. The van der Waals surface area contributed by atoms with Gasteiger partial charge >= 0.3 is 0 Å². The summed E-state index contributed by atoms with van der Waals surface area (Å²) >= 11 is 0. The fourth-order valence-corrected chi connectivity index (χ4v) is 5.48. The normalized spacial score (nSPS) is 20.3. The molecule has 1 rings (SSSR count). The van der Waals surface area contributed by atoms with Crippen molar-refractivity contribution in [3.05, 3.63) is 12.4 Å². The van der Waals surface area contributed by atoms with Gasteiger partial charge in [0.1, 0.15) is 42.9 Å². The third kappa shape index (κ3) is 16.9. The fourth-order valence-electron chi connectivity index (χ4n) is 5.48. The minimum absolute atomic E-state index is 0.266. The molecule has 6 N–H and O–H groups in total. The molecule has 0 bridgehead atoms. The lowest BCUT2D eigenvalue weighted by Gasteiger charge is -2.36. The maximum Gasteiger partial charge on any atom is 0.214 e. The Morgan fingerprint density at radius 3 is 1.71 bits per heavy atom. The molecule has 1 heterocycles. The number of aliphatic hydroxyl groups excluding tert-OH is 5. The number of carbonyl (C=O) groups is 1. The summed E-state index contributed by atoms with van der Waals surface area (Å²) in [6, 6.07) is -0.530. The zero-order chi connectivity index (χ0) is 30.3. The van der Waals surface area contributed by atoms with Gasteiger partial charge in [-0.05, 0) is 26.2 Å². The first kappa shape index (κ1) is 37.8. The van der Waals surface area contributed by atoms with Crippen molar-refractivity contribution in [3.8, 4) is 0 Å². The number of quaternary nitrogens is 1. The van der Waals surface area contributed by atoms with Crippen molar-refractivity contribution < 1.29 is 34.9 Å². The standard InChI is InChI=1S/C32H62N3O6/c1-3-4-23-35(24-22-33-26-35)34-28(30(39)32(41)31(40)29(38)25-36)21-19-17-15-13-11-9-7-5-6-8-10-12-14-16-18-20-27(2)37/h22,24,26,28-32,34,36,38-41H,3-21,23,25H2,1-2H3/q+1/t28?,29-,30+,31-,32-,35?/m1/s1. The monoisotopic (exact) mass is 584 g/mol. The van der Waals surface area contributed by atoms with Gasteiger partial charge in [0.2, 0.25) is 6.34 Å². The summed E-state index contributed by atoms with van der Waals surface area (Å²) in [5.41, 5.74) is 3.44. The number of ketones is 1. The summed E-state index contributed by atoms with van der Waals surface area (Å²) in [6.07, 6.45) is 20.7. The van der Waals surface area contributed by atoms with Crippen LogP contribution in [0.15, 0.2) is 17.4 Å². The van der Waals surface area contributed by atoms with Crippen LogP contribution in [0, 0.1) is 0 Å². The Labute approximate surface area is 249 Å². The predicted molar refractivity (Wildman–Crippen MR) is 165 cm³/mol. The summed E-state index contributed by atoms with van der Waals surface area (Å²) in [4.78, 5) is 15.2. The highest BCUT2D eigenvalue weighted by Gasteiger charge is 2.39. The molecule has 9 heteroatoms. The van der Waals surface area contributed by atoms with Crippen molar-refractivity contribution in [1.29, 1.82) is 0 Å². The highest BCUT2D eigenvalue weighted by atomic mass is 16.4. The number of hydrogen-bond donors (Lipinski definition) is 6. The Bertz CT molecular complexity index is 708. The number of hydrogen-bond acceptors (Lipinski definition) is 8. The summed E-state index contributed by atoms with van der Waals surface area (Å²) in [6.45, 7) is 3.84. The van der Waals surface area contributed by atoms with Gasteiger partial charge in [-0.3, -0.25) is 0 Å². The van der Waals surface area contributed by atoms with E-state index in [1.807, 2.05) is 6.20 Å².